The van der Waals surface area contributed by atoms with E-state index in [1.54, 1.807) is 14.2 Å². The van der Waals surface area contributed by atoms with Crippen LogP contribution in [0.25, 0.3) is 0 Å². The summed E-state index contributed by atoms with van der Waals surface area (Å²) in [6.07, 6.45) is 2.31. The third-order valence-electron chi connectivity index (χ3n) is 4.65. The molecule has 1 fully saturated rings. The highest BCUT2D eigenvalue weighted by atomic mass is 19.1. The zero-order valence-corrected chi connectivity index (χ0v) is 16.1. The average molecular weight is 384 g/mol. The second-order valence-electron chi connectivity index (χ2n) is 6.58. The van der Waals surface area contributed by atoms with Crippen molar-refractivity contribution < 1.29 is 18.3 Å². The van der Waals surface area contributed by atoms with E-state index in [4.69, 9.17) is 9.47 Å². The Balaban J connectivity index is 1.61. The van der Waals surface area contributed by atoms with Crippen molar-refractivity contribution in [1.29, 1.82) is 0 Å². The van der Waals surface area contributed by atoms with Crippen molar-refractivity contribution in [3.63, 3.8) is 0 Å². The van der Waals surface area contributed by atoms with E-state index in [0.717, 1.165) is 51.7 Å². The highest BCUT2D eigenvalue weighted by Gasteiger charge is 2.18. The summed E-state index contributed by atoms with van der Waals surface area (Å²) in [5.74, 6) is 0.0368. The van der Waals surface area contributed by atoms with Crippen LogP contribution in [-0.4, -0.2) is 71.0 Å². The first-order valence-corrected chi connectivity index (χ1v) is 9.36. The molecule has 1 aromatic rings. The van der Waals surface area contributed by atoms with Gasteiger partial charge in [-0.2, -0.15) is 0 Å². The number of benzene rings is 1. The predicted octanol–water partition coefficient (Wildman–Crippen LogP) is 1.87. The van der Waals surface area contributed by atoms with Crippen LogP contribution in [-0.2, 0) is 4.74 Å². The minimum Gasteiger partial charge on any atom is -0.489 e. The van der Waals surface area contributed by atoms with Crippen LogP contribution in [0.2, 0.25) is 0 Å². The molecule has 0 bridgehead atoms. The highest BCUT2D eigenvalue weighted by Crippen LogP contribution is 2.17. The zero-order chi connectivity index (χ0) is 19.5. The van der Waals surface area contributed by atoms with Gasteiger partial charge in [-0.25, -0.2) is 8.78 Å². The van der Waals surface area contributed by atoms with E-state index in [2.05, 4.69) is 20.5 Å². The molecule has 1 heterocycles. The van der Waals surface area contributed by atoms with Crippen LogP contribution < -0.4 is 15.4 Å². The third kappa shape index (κ3) is 7.68. The van der Waals surface area contributed by atoms with E-state index in [0.29, 0.717) is 18.4 Å². The van der Waals surface area contributed by atoms with Crippen molar-refractivity contribution in [2.75, 3.05) is 60.1 Å². The Hall–Kier alpha value is -1.93. The number of likely N-dealkylation sites (tertiary alicyclic amines) is 1. The van der Waals surface area contributed by atoms with Gasteiger partial charge in [0.2, 0.25) is 0 Å². The molecule has 2 rings (SSSR count). The Morgan fingerprint density at radius 2 is 2.00 bits per heavy atom. The van der Waals surface area contributed by atoms with Gasteiger partial charge in [0.25, 0.3) is 0 Å². The van der Waals surface area contributed by atoms with Crippen molar-refractivity contribution in [3.8, 4) is 5.75 Å². The molecule has 0 amide bonds. The maximum atomic E-state index is 13.5. The molecule has 1 aromatic carbocycles. The van der Waals surface area contributed by atoms with Gasteiger partial charge in [-0.15, -0.1) is 0 Å². The first kappa shape index (κ1) is 21.4. The molecule has 8 heteroatoms. The number of guanidine groups is 1. The average Bonchev–Trinajstić information content (AvgIpc) is 2.68. The Morgan fingerprint density at radius 1 is 1.22 bits per heavy atom. The number of halogens is 2. The summed E-state index contributed by atoms with van der Waals surface area (Å²) in [5, 5.41) is 6.47. The van der Waals surface area contributed by atoms with E-state index in [1.165, 1.54) is 12.1 Å². The minimum atomic E-state index is -0.700. The fraction of sp³-hybridized carbons (Fsp3) is 0.632. The van der Waals surface area contributed by atoms with Crippen molar-refractivity contribution in [3.05, 3.63) is 29.8 Å². The second-order valence-corrected chi connectivity index (χ2v) is 6.58. The standard InChI is InChI=1S/C19H30F2N4O2/c1-22-19(23-7-11-27-18-4-3-16(20)13-17(18)21)24-14-15-5-8-25(9-6-15)10-12-26-2/h3-4,13,15H,5-12,14H2,1-2H3,(H2,22,23,24). The summed E-state index contributed by atoms with van der Waals surface area (Å²) in [5.41, 5.74) is 0. The monoisotopic (exact) mass is 384 g/mol. The molecule has 1 saturated heterocycles. The largest absolute Gasteiger partial charge is 0.489 e. The van der Waals surface area contributed by atoms with Crippen LogP contribution in [0.3, 0.4) is 0 Å². The van der Waals surface area contributed by atoms with Gasteiger partial charge in [-0.1, -0.05) is 0 Å². The summed E-state index contributed by atoms with van der Waals surface area (Å²) in [7, 11) is 3.44. The molecule has 0 aromatic heterocycles. The molecular weight excluding hydrogens is 354 g/mol. The molecule has 0 saturated carbocycles. The van der Waals surface area contributed by atoms with Crippen molar-refractivity contribution >= 4 is 5.96 Å². The van der Waals surface area contributed by atoms with Gasteiger partial charge in [-0.05, 0) is 44.0 Å². The highest BCUT2D eigenvalue weighted by molar-refractivity contribution is 5.79. The lowest BCUT2D eigenvalue weighted by molar-refractivity contribution is 0.121. The molecule has 152 valence electrons. The Labute approximate surface area is 159 Å². The fourth-order valence-corrected chi connectivity index (χ4v) is 3.02. The summed E-state index contributed by atoms with van der Waals surface area (Å²) in [6, 6.07) is 3.27. The van der Waals surface area contributed by atoms with Gasteiger partial charge in [-0.3, -0.25) is 4.99 Å². The van der Waals surface area contributed by atoms with E-state index in [-0.39, 0.29) is 12.4 Å². The molecule has 6 nitrogen and oxygen atoms in total. The van der Waals surface area contributed by atoms with Gasteiger partial charge >= 0.3 is 0 Å². The van der Waals surface area contributed by atoms with Crippen LogP contribution in [0.1, 0.15) is 12.8 Å². The third-order valence-corrected chi connectivity index (χ3v) is 4.65. The van der Waals surface area contributed by atoms with Crippen LogP contribution in [0, 0.1) is 17.6 Å². The molecule has 0 aliphatic carbocycles. The maximum Gasteiger partial charge on any atom is 0.191 e. The summed E-state index contributed by atoms with van der Waals surface area (Å²) in [4.78, 5) is 6.62. The minimum absolute atomic E-state index is 0.0429. The summed E-state index contributed by atoms with van der Waals surface area (Å²) in [6.45, 7) is 5.55. The molecule has 27 heavy (non-hydrogen) atoms. The number of nitrogens with zero attached hydrogens (tertiary/aromatic N) is 2. The SMILES string of the molecule is CN=C(NCCOc1ccc(F)cc1F)NCC1CCN(CCOC)CC1. The number of hydrogen-bond donors (Lipinski definition) is 2. The van der Waals surface area contributed by atoms with E-state index < -0.39 is 11.6 Å². The molecule has 1 aliphatic rings. The number of hydrogen-bond acceptors (Lipinski definition) is 4. The quantitative estimate of drug-likeness (QED) is 0.387. The van der Waals surface area contributed by atoms with Crippen LogP contribution >= 0.6 is 0 Å². The Morgan fingerprint density at radius 3 is 2.67 bits per heavy atom. The van der Waals surface area contributed by atoms with Gasteiger partial charge in [0.05, 0.1) is 13.2 Å². The Bertz CT molecular complexity index is 593. The number of methoxy groups -OCH3 is 1. The lowest BCUT2D eigenvalue weighted by Crippen LogP contribution is -2.44. The smallest absolute Gasteiger partial charge is 0.191 e. The molecular formula is C19H30F2N4O2. The van der Waals surface area contributed by atoms with E-state index in [1.807, 2.05) is 0 Å². The van der Waals surface area contributed by atoms with Gasteiger partial charge < -0.3 is 25.0 Å². The van der Waals surface area contributed by atoms with Gasteiger partial charge in [0.15, 0.2) is 17.5 Å². The predicted molar refractivity (Wildman–Crippen MR) is 102 cm³/mol. The molecule has 0 spiro atoms. The first-order chi connectivity index (χ1) is 13.1. The topological polar surface area (TPSA) is 58.1 Å². The molecule has 0 radical (unpaired) electrons. The normalized spacial score (nSPS) is 16.4. The van der Waals surface area contributed by atoms with Gasteiger partial charge in [0.1, 0.15) is 12.4 Å². The molecule has 0 unspecified atom stereocenters. The molecule has 0 atom stereocenters. The number of piperidine rings is 1. The van der Waals surface area contributed by atoms with Crippen molar-refractivity contribution in [1.82, 2.24) is 15.5 Å². The molecule has 1 aliphatic heterocycles. The van der Waals surface area contributed by atoms with Gasteiger partial charge in [0, 0.05) is 33.3 Å². The van der Waals surface area contributed by atoms with Crippen LogP contribution in [0.4, 0.5) is 8.78 Å². The second kappa shape index (κ2) is 11.7. The lowest BCUT2D eigenvalue weighted by Gasteiger charge is -2.32. The maximum absolute atomic E-state index is 13.5. The number of aliphatic imine (C=N–C) groups is 1. The number of rotatable bonds is 9. The lowest BCUT2D eigenvalue weighted by atomic mass is 9.97. The number of ether oxygens (including phenoxy) is 2. The summed E-state index contributed by atoms with van der Waals surface area (Å²) >= 11 is 0. The summed E-state index contributed by atoms with van der Waals surface area (Å²) < 4.78 is 36.8. The van der Waals surface area contributed by atoms with E-state index >= 15 is 0 Å². The van der Waals surface area contributed by atoms with Crippen molar-refractivity contribution in [2.24, 2.45) is 10.9 Å². The van der Waals surface area contributed by atoms with Crippen LogP contribution in [0.5, 0.6) is 5.75 Å². The van der Waals surface area contributed by atoms with Crippen molar-refractivity contribution in [2.45, 2.75) is 12.8 Å². The number of nitrogens with one attached hydrogen (secondary N) is 2. The fourth-order valence-electron chi connectivity index (χ4n) is 3.02. The van der Waals surface area contributed by atoms with Crippen LogP contribution in [0.15, 0.2) is 23.2 Å². The Kier molecular flexibility index (Phi) is 9.27. The first-order valence-electron chi connectivity index (χ1n) is 9.36. The van der Waals surface area contributed by atoms with E-state index in [9.17, 15) is 8.78 Å². The zero-order valence-electron chi connectivity index (χ0n) is 16.1. The molecule has 2 N–H and O–H groups in total.